The molecule has 6 nitrogen and oxygen atoms in total. The quantitative estimate of drug-likeness (QED) is 0.564. The van der Waals surface area contributed by atoms with Crippen LogP contribution in [0.15, 0.2) is 77.7 Å². The summed E-state index contributed by atoms with van der Waals surface area (Å²) in [5, 5.41) is 0. The monoisotopic (exact) mass is 451 g/mol. The molecule has 0 radical (unpaired) electrons. The molecule has 32 heavy (non-hydrogen) atoms. The first-order chi connectivity index (χ1) is 15.4. The average Bonchev–Trinajstić information content (AvgIpc) is 3.23. The number of nitrogens with zero attached hydrogens (tertiary/aromatic N) is 2. The van der Waals surface area contributed by atoms with Crippen LogP contribution in [-0.4, -0.2) is 42.7 Å². The Kier molecular flexibility index (Phi) is 6.39. The molecule has 0 aliphatic carbocycles. The Morgan fingerprint density at radius 1 is 1.00 bits per heavy atom. The second kappa shape index (κ2) is 9.22. The minimum Gasteiger partial charge on any atom is -0.497 e. The summed E-state index contributed by atoms with van der Waals surface area (Å²) in [6.07, 6.45) is 0.952. The molecule has 3 aromatic carbocycles. The Morgan fingerprint density at radius 3 is 2.34 bits per heavy atom. The van der Waals surface area contributed by atoms with E-state index in [4.69, 9.17) is 4.74 Å². The molecule has 1 aliphatic heterocycles. The molecule has 0 unspecified atom stereocenters. The molecule has 0 bridgehead atoms. The molecule has 168 valence electrons. The van der Waals surface area contributed by atoms with Gasteiger partial charge in [0.25, 0.3) is 0 Å². The first kappa shape index (κ1) is 22.2. The van der Waals surface area contributed by atoms with E-state index in [1.54, 1.807) is 31.4 Å². The highest BCUT2D eigenvalue weighted by molar-refractivity contribution is 7.89. The molecule has 1 N–H and O–H groups in total. The highest BCUT2D eigenvalue weighted by atomic mass is 32.2. The minimum absolute atomic E-state index is 0.122. The third-order valence-electron chi connectivity index (χ3n) is 5.93. The van der Waals surface area contributed by atoms with Crippen LogP contribution >= 0.6 is 0 Å². The van der Waals surface area contributed by atoms with Gasteiger partial charge in [-0.3, -0.25) is 0 Å². The van der Waals surface area contributed by atoms with Gasteiger partial charge in [-0.2, -0.15) is 0 Å². The van der Waals surface area contributed by atoms with Crippen molar-refractivity contribution < 1.29 is 13.2 Å². The molecule has 4 rings (SSSR count). The third kappa shape index (κ3) is 4.59. The highest BCUT2D eigenvalue weighted by Gasteiger charge is 2.28. The summed E-state index contributed by atoms with van der Waals surface area (Å²) in [4.78, 5) is 4.58. The predicted octanol–water partition coefficient (Wildman–Crippen LogP) is 3.84. The van der Waals surface area contributed by atoms with Crippen molar-refractivity contribution in [3.05, 3.63) is 83.9 Å². The van der Waals surface area contributed by atoms with Crippen LogP contribution in [-0.2, 0) is 16.4 Å². The fraction of sp³-hybridized carbons (Fsp3) is 0.280. The lowest BCUT2D eigenvalue weighted by Crippen LogP contribution is -2.37. The molecule has 0 fully saturated rings. The van der Waals surface area contributed by atoms with Crippen molar-refractivity contribution in [2.75, 3.05) is 44.1 Å². The summed E-state index contributed by atoms with van der Waals surface area (Å²) in [5.41, 5.74) is 4.64. The lowest BCUT2D eigenvalue weighted by molar-refractivity contribution is 0.414. The third-order valence-corrected chi connectivity index (χ3v) is 7.37. The number of methoxy groups -OCH3 is 1. The maximum atomic E-state index is 13.0. The average molecular weight is 452 g/mol. The van der Waals surface area contributed by atoms with Gasteiger partial charge in [-0.1, -0.05) is 30.3 Å². The van der Waals surface area contributed by atoms with Gasteiger partial charge in [0.1, 0.15) is 5.75 Å². The minimum atomic E-state index is -3.66. The maximum Gasteiger partial charge on any atom is 0.240 e. The number of para-hydroxylation sites is 1. The normalized spacial score (nSPS) is 14.2. The molecular weight excluding hydrogens is 422 g/mol. The van der Waals surface area contributed by atoms with Crippen LogP contribution in [0.3, 0.4) is 0 Å². The van der Waals surface area contributed by atoms with Crippen LogP contribution in [0.4, 0.5) is 11.4 Å². The van der Waals surface area contributed by atoms with Crippen LogP contribution in [0.25, 0.3) is 0 Å². The predicted molar refractivity (Wildman–Crippen MR) is 129 cm³/mol. The van der Waals surface area contributed by atoms with Gasteiger partial charge < -0.3 is 14.5 Å². The number of hydrogen-bond donors (Lipinski definition) is 1. The summed E-state index contributed by atoms with van der Waals surface area (Å²) in [5.74, 6) is 0.622. The smallest absolute Gasteiger partial charge is 0.240 e. The van der Waals surface area contributed by atoms with E-state index in [0.29, 0.717) is 5.75 Å². The second-order valence-electron chi connectivity index (χ2n) is 8.10. The number of sulfonamides is 1. The first-order valence-corrected chi connectivity index (χ1v) is 12.1. The van der Waals surface area contributed by atoms with Crippen molar-refractivity contribution in [2.45, 2.75) is 17.4 Å². The van der Waals surface area contributed by atoms with Gasteiger partial charge in [0, 0.05) is 38.6 Å². The van der Waals surface area contributed by atoms with Crippen LogP contribution in [0.1, 0.15) is 17.2 Å². The van der Waals surface area contributed by atoms with E-state index in [9.17, 15) is 8.42 Å². The largest absolute Gasteiger partial charge is 0.497 e. The lowest BCUT2D eigenvalue weighted by Gasteiger charge is -2.31. The van der Waals surface area contributed by atoms with Crippen molar-refractivity contribution in [2.24, 2.45) is 0 Å². The molecule has 1 heterocycles. The molecule has 0 aromatic heterocycles. The molecule has 7 heteroatoms. The molecule has 0 spiro atoms. The Balaban J connectivity index is 1.62. The zero-order valence-electron chi connectivity index (χ0n) is 18.7. The Bertz CT molecular complexity index is 1160. The maximum absolute atomic E-state index is 13.0. The Hall–Kier alpha value is -3.03. The SMILES string of the molecule is COc1ccc(S(=O)(=O)NC[C@@H](c2ccc(N(C)C)cc2)N2CCc3ccccc32)cc1. The second-order valence-corrected chi connectivity index (χ2v) is 9.87. The van der Waals surface area contributed by atoms with Gasteiger partial charge in [-0.05, 0) is 60.0 Å². The van der Waals surface area contributed by atoms with Gasteiger partial charge in [0.2, 0.25) is 10.0 Å². The van der Waals surface area contributed by atoms with Crippen molar-refractivity contribution in [3.8, 4) is 5.75 Å². The van der Waals surface area contributed by atoms with Crippen LogP contribution in [0.5, 0.6) is 5.75 Å². The molecule has 0 saturated carbocycles. The molecule has 3 aromatic rings. The van der Waals surface area contributed by atoms with Gasteiger partial charge >= 0.3 is 0 Å². The highest BCUT2D eigenvalue weighted by Crippen LogP contribution is 2.35. The van der Waals surface area contributed by atoms with Crippen LogP contribution < -0.4 is 19.3 Å². The van der Waals surface area contributed by atoms with E-state index in [1.165, 1.54) is 5.56 Å². The topological polar surface area (TPSA) is 61.9 Å². The van der Waals surface area contributed by atoms with E-state index in [1.807, 2.05) is 20.2 Å². The summed E-state index contributed by atoms with van der Waals surface area (Å²) in [6, 6.07) is 23.0. The van der Waals surface area contributed by atoms with E-state index in [-0.39, 0.29) is 17.5 Å². The number of ether oxygens (including phenoxy) is 1. The van der Waals surface area contributed by atoms with Crippen molar-refractivity contribution >= 4 is 21.4 Å². The van der Waals surface area contributed by atoms with Crippen LogP contribution in [0.2, 0.25) is 0 Å². The number of rotatable bonds is 8. The zero-order chi connectivity index (χ0) is 22.7. The summed E-state index contributed by atoms with van der Waals surface area (Å²) >= 11 is 0. The molecular formula is C25H29N3O3S. The van der Waals surface area contributed by atoms with E-state index < -0.39 is 10.0 Å². The van der Waals surface area contributed by atoms with Gasteiger partial charge in [0.05, 0.1) is 18.0 Å². The summed E-state index contributed by atoms with van der Waals surface area (Å²) < 4.78 is 34.0. The van der Waals surface area contributed by atoms with E-state index in [0.717, 1.165) is 29.9 Å². The van der Waals surface area contributed by atoms with Gasteiger partial charge in [-0.15, -0.1) is 0 Å². The van der Waals surface area contributed by atoms with Crippen molar-refractivity contribution in [1.29, 1.82) is 0 Å². The number of nitrogens with one attached hydrogen (secondary N) is 1. The lowest BCUT2D eigenvalue weighted by atomic mass is 10.0. The van der Waals surface area contributed by atoms with Crippen molar-refractivity contribution in [1.82, 2.24) is 4.72 Å². The van der Waals surface area contributed by atoms with E-state index >= 15 is 0 Å². The standard InChI is InChI=1S/C25H29N3O3S/c1-27(2)21-10-8-20(9-11-21)25(28-17-16-19-6-4-5-7-24(19)28)18-26-32(29,30)23-14-12-22(31-3)13-15-23/h4-15,25-26H,16-18H2,1-3H3/t25-/m0/s1. The van der Waals surface area contributed by atoms with Gasteiger partial charge in [-0.25, -0.2) is 13.1 Å². The fourth-order valence-electron chi connectivity index (χ4n) is 4.12. The Morgan fingerprint density at radius 2 is 1.69 bits per heavy atom. The summed E-state index contributed by atoms with van der Waals surface area (Å²) in [6.45, 7) is 1.12. The van der Waals surface area contributed by atoms with Crippen LogP contribution in [0, 0.1) is 0 Å². The molecule has 1 aliphatic rings. The van der Waals surface area contributed by atoms with Gasteiger partial charge in [0.15, 0.2) is 0 Å². The molecule has 1 atom stereocenters. The summed E-state index contributed by atoms with van der Waals surface area (Å²) in [7, 11) is 1.91. The molecule has 0 amide bonds. The number of anilines is 2. The number of fused-ring (bicyclic) bond motifs is 1. The number of hydrogen-bond acceptors (Lipinski definition) is 5. The first-order valence-electron chi connectivity index (χ1n) is 10.6. The zero-order valence-corrected chi connectivity index (χ0v) is 19.5. The van der Waals surface area contributed by atoms with E-state index in [2.05, 4.69) is 57.0 Å². The Labute approximate surface area is 190 Å². The van der Waals surface area contributed by atoms with Crippen molar-refractivity contribution in [3.63, 3.8) is 0 Å². The molecule has 0 saturated heterocycles. The number of benzene rings is 3. The fourth-order valence-corrected chi connectivity index (χ4v) is 5.16.